The van der Waals surface area contributed by atoms with Crippen LogP contribution < -0.4 is 0 Å². The van der Waals surface area contributed by atoms with Gasteiger partial charge in [0, 0.05) is 24.3 Å². The first-order chi connectivity index (χ1) is 11.7. The number of fused-ring (bicyclic) bond motifs is 1. The van der Waals surface area contributed by atoms with Crippen LogP contribution in [-0.4, -0.2) is 10.8 Å². The Balaban J connectivity index is 2.54. The van der Waals surface area contributed by atoms with Crippen molar-refractivity contribution in [3.63, 3.8) is 0 Å². The maximum Gasteiger partial charge on any atom is 0.133 e. The van der Waals surface area contributed by atoms with Crippen LogP contribution in [0.5, 0.6) is 0 Å². The summed E-state index contributed by atoms with van der Waals surface area (Å²) in [4.78, 5) is 0. The Bertz CT molecular complexity index is 836. The summed E-state index contributed by atoms with van der Waals surface area (Å²) in [5.41, 5.74) is 1.82. The van der Waals surface area contributed by atoms with Gasteiger partial charge in [-0.25, -0.2) is 0 Å². The van der Waals surface area contributed by atoms with Gasteiger partial charge in [0.05, 0.1) is 4.32 Å². The number of hydrogen-bond acceptors (Lipinski definition) is 0. The second kappa shape index (κ2) is 7.03. The average molecular weight is 870 g/mol. The Morgan fingerprint density at radius 1 is 0.731 bits per heavy atom. The molecule has 8 heteroatoms. The van der Waals surface area contributed by atoms with Gasteiger partial charge in [-0.3, -0.25) is 0 Å². The summed E-state index contributed by atoms with van der Waals surface area (Å²) in [5.74, 6) is 0. The highest BCUT2D eigenvalue weighted by atomic mass is 79.9. The maximum atomic E-state index is 4.24. The van der Waals surface area contributed by atoms with E-state index in [1.54, 1.807) is 0 Å². The zero-order valence-electron chi connectivity index (χ0n) is 13.9. The molecule has 0 aliphatic heterocycles. The molecule has 0 saturated heterocycles. The molecule has 0 N–H and O–H groups in total. The molecule has 2 aliphatic rings. The lowest BCUT2D eigenvalue weighted by molar-refractivity contribution is 0.355. The molecule has 2 aliphatic carbocycles. The molecular weight excluding hydrogens is 855 g/mol. The van der Waals surface area contributed by atoms with Crippen molar-refractivity contribution in [2.75, 3.05) is 0 Å². The first-order valence-corrected chi connectivity index (χ1v) is 14.0. The molecule has 1 saturated carbocycles. The molecule has 142 valence electrons. The molecule has 2 atom stereocenters. The van der Waals surface area contributed by atoms with Crippen LogP contribution in [0.3, 0.4) is 0 Å². The molecular formula is C18H14Br8. The summed E-state index contributed by atoms with van der Waals surface area (Å²) in [7, 11) is 0. The topological polar surface area (TPSA) is 0 Å². The molecule has 0 spiro atoms. The number of halogens is 8. The third-order valence-corrected chi connectivity index (χ3v) is 18.8. The predicted octanol–water partition coefficient (Wildman–Crippen LogP) is 9.75. The van der Waals surface area contributed by atoms with Crippen molar-refractivity contribution < 1.29 is 0 Å². The van der Waals surface area contributed by atoms with Crippen LogP contribution in [0.15, 0.2) is 49.4 Å². The average Bonchev–Trinajstić information content (AvgIpc) is 2.67. The molecule has 0 heterocycles. The van der Waals surface area contributed by atoms with Crippen LogP contribution in [-0.2, 0) is 5.41 Å². The smallest absolute Gasteiger partial charge is 0.0764 e. The molecule has 3 rings (SSSR count). The standard InChI is InChI=1S/C18H14Br8/c1-14(2)12-10(19)11(20)13(21)17(23,24)16(12,22)15(3,18(14,25)26)9-7-5-4-6-8-9/h4-8H,1-3H3/t15-,16-/m1/s1. The first kappa shape index (κ1) is 23.2. The van der Waals surface area contributed by atoms with Gasteiger partial charge in [0.15, 0.2) is 0 Å². The highest BCUT2D eigenvalue weighted by Crippen LogP contribution is 2.81. The highest BCUT2D eigenvalue weighted by Gasteiger charge is 2.80. The van der Waals surface area contributed by atoms with Crippen LogP contribution in [0.4, 0.5) is 0 Å². The van der Waals surface area contributed by atoms with Crippen molar-refractivity contribution in [1.82, 2.24) is 0 Å². The summed E-state index contributed by atoms with van der Waals surface area (Å²) < 4.78 is 1.48. The van der Waals surface area contributed by atoms with Crippen molar-refractivity contribution in [3.8, 4) is 0 Å². The van der Waals surface area contributed by atoms with Gasteiger partial charge < -0.3 is 0 Å². The second-order valence-corrected chi connectivity index (χ2v) is 17.7. The third kappa shape index (κ3) is 2.54. The Kier molecular flexibility index (Phi) is 6.27. The van der Waals surface area contributed by atoms with E-state index in [0.717, 1.165) is 13.4 Å². The largest absolute Gasteiger partial charge is 0.133 e. The molecule has 0 nitrogen and oxygen atoms in total. The molecule has 1 aromatic carbocycles. The van der Waals surface area contributed by atoms with Gasteiger partial charge in [-0.05, 0) is 43.0 Å². The lowest BCUT2D eigenvalue weighted by Gasteiger charge is -2.52. The minimum absolute atomic E-state index is 0.251. The summed E-state index contributed by atoms with van der Waals surface area (Å²) in [6.45, 7) is 6.80. The summed E-state index contributed by atoms with van der Waals surface area (Å²) in [6, 6.07) is 10.6. The van der Waals surface area contributed by atoms with Gasteiger partial charge in [0.1, 0.15) is 6.47 Å². The van der Waals surface area contributed by atoms with Crippen molar-refractivity contribution in [1.29, 1.82) is 0 Å². The van der Waals surface area contributed by atoms with Gasteiger partial charge in [-0.1, -0.05) is 147 Å². The maximum absolute atomic E-state index is 4.24. The Morgan fingerprint density at radius 2 is 1.23 bits per heavy atom. The van der Waals surface area contributed by atoms with Gasteiger partial charge in [-0.2, -0.15) is 0 Å². The van der Waals surface area contributed by atoms with Crippen LogP contribution in [0.2, 0.25) is 0 Å². The van der Waals surface area contributed by atoms with Crippen LogP contribution in [0.25, 0.3) is 0 Å². The lowest BCUT2D eigenvalue weighted by atomic mass is 9.70. The van der Waals surface area contributed by atoms with Crippen LogP contribution in [0, 0.1) is 5.41 Å². The fourth-order valence-corrected chi connectivity index (χ4v) is 12.5. The monoisotopic (exact) mass is 861 g/mol. The van der Waals surface area contributed by atoms with E-state index >= 15 is 0 Å². The van der Waals surface area contributed by atoms with Gasteiger partial charge in [0.2, 0.25) is 0 Å². The molecule has 1 aromatic rings. The predicted molar refractivity (Wildman–Crippen MR) is 141 cm³/mol. The SMILES string of the molecule is CC1(C)C2=C(Br)C(Br)=C(Br)C(Br)(Br)[C@]2(Br)[C@@](C)(c2ccccc2)C1(Br)Br. The first-order valence-electron chi connectivity index (χ1n) is 7.67. The highest BCUT2D eigenvalue weighted by molar-refractivity contribution is 9.27. The normalized spacial score (nSPS) is 34.9. The molecule has 1 fully saturated rings. The fraction of sp³-hybridized carbons (Fsp3) is 0.444. The van der Waals surface area contributed by atoms with E-state index in [1.807, 2.05) is 6.07 Å². The van der Waals surface area contributed by atoms with Gasteiger partial charge in [-0.15, -0.1) is 0 Å². The van der Waals surface area contributed by atoms with Crippen LogP contribution >= 0.6 is 127 Å². The van der Waals surface area contributed by atoms with Crippen LogP contribution in [0.1, 0.15) is 26.3 Å². The summed E-state index contributed by atoms with van der Waals surface area (Å²) >= 11 is 31.9. The molecule has 0 bridgehead atoms. The zero-order chi connectivity index (χ0) is 19.9. The van der Waals surface area contributed by atoms with E-state index in [4.69, 9.17) is 0 Å². The Labute approximate surface area is 221 Å². The van der Waals surface area contributed by atoms with Crippen molar-refractivity contribution in [2.24, 2.45) is 5.41 Å². The number of allylic oxidation sites excluding steroid dienone is 4. The molecule has 0 aromatic heterocycles. The van der Waals surface area contributed by atoms with E-state index in [0.29, 0.717) is 0 Å². The number of alkyl halides is 5. The van der Waals surface area contributed by atoms with Gasteiger partial charge in [0.25, 0.3) is 0 Å². The van der Waals surface area contributed by atoms with Gasteiger partial charge >= 0.3 is 0 Å². The minimum atomic E-state index is -0.580. The molecule has 26 heavy (non-hydrogen) atoms. The Morgan fingerprint density at radius 3 is 1.73 bits per heavy atom. The Hall–Kier alpha value is 2.54. The zero-order valence-corrected chi connectivity index (χ0v) is 26.6. The van der Waals surface area contributed by atoms with E-state index in [-0.39, 0.29) is 5.41 Å². The summed E-state index contributed by atoms with van der Waals surface area (Å²) in [6.07, 6.45) is 0. The van der Waals surface area contributed by atoms with E-state index in [1.165, 1.54) is 11.1 Å². The molecule has 0 amide bonds. The number of hydrogen-bond donors (Lipinski definition) is 0. The van der Waals surface area contributed by atoms with E-state index < -0.39 is 16.2 Å². The van der Waals surface area contributed by atoms with E-state index in [2.05, 4.69) is 172 Å². The quantitative estimate of drug-likeness (QED) is 0.247. The number of benzene rings is 1. The third-order valence-electron chi connectivity index (χ3n) is 5.74. The van der Waals surface area contributed by atoms with Crippen molar-refractivity contribution >= 4 is 127 Å². The molecule has 0 unspecified atom stereocenters. The van der Waals surface area contributed by atoms with Crippen molar-refractivity contribution in [2.45, 2.75) is 37.0 Å². The summed E-state index contributed by atoms with van der Waals surface area (Å²) in [5, 5.41) is 0. The molecule has 0 radical (unpaired) electrons. The van der Waals surface area contributed by atoms with Crippen molar-refractivity contribution in [3.05, 3.63) is 54.9 Å². The van der Waals surface area contributed by atoms with E-state index in [9.17, 15) is 0 Å². The lowest BCUT2D eigenvalue weighted by Crippen LogP contribution is -2.58. The fourth-order valence-electron chi connectivity index (χ4n) is 4.22. The number of rotatable bonds is 1. The minimum Gasteiger partial charge on any atom is -0.0764 e. The second-order valence-electron chi connectivity index (χ2n) is 7.24.